The molecule has 2 atom stereocenters. The largest absolute Gasteiger partial charge is 0.492 e. The highest BCUT2D eigenvalue weighted by Crippen LogP contribution is 2.33. The first kappa shape index (κ1) is 22.6. The maximum absolute atomic E-state index is 13.3. The summed E-state index contributed by atoms with van der Waals surface area (Å²) in [6, 6.07) is 13.2. The molecule has 32 heavy (non-hydrogen) atoms. The third-order valence-corrected chi connectivity index (χ3v) is 6.44. The molecule has 8 heteroatoms. The fourth-order valence-electron chi connectivity index (χ4n) is 4.35. The van der Waals surface area contributed by atoms with Gasteiger partial charge in [-0.15, -0.1) is 0 Å². The highest BCUT2D eigenvalue weighted by Gasteiger charge is 2.37. The number of ether oxygens (including phenoxy) is 1. The number of anilines is 1. The number of Topliss-reactive ketones (excluding diaryl/α,β-unsaturated/α-hetero) is 1. The molecule has 2 saturated heterocycles. The second kappa shape index (κ2) is 9.90. The predicted octanol–water partition coefficient (Wildman–Crippen LogP) is 3.06. The normalized spacial score (nSPS) is 21.0. The molecule has 0 saturated carbocycles. The molecule has 2 fully saturated rings. The van der Waals surface area contributed by atoms with E-state index in [1.54, 1.807) is 6.92 Å². The first-order valence-corrected chi connectivity index (χ1v) is 11.4. The molecule has 0 aromatic heterocycles. The van der Waals surface area contributed by atoms with Crippen molar-refractivity contribution >= 4 is 29.0 Å². The lowest BCUT2D eigenvalue weighted by Gasteiger charge is -2.37. The first-order chi connectivity index (χ1) is 15.5. The van der Waals surface area contributed by atoms with Crippen LogP contribution in [0.3, 0.4) is 0 Å². The minimum Gasteiger partial charge on any atom is -0.492 e. The maximum atomic E-state index is 13.3. The molecule has 0 aliphatic carbocycles. The lowest BCUT2D eigenvalue weighted by molar-refractivity contribution is -0.135. The van der Waals surface area contributed by atoms with E-state index >= 15 is 0 Å². The lowest BCUT2D eigenvalue weighted by atomic mass is 9.93. The molecular formula is C24H29ClN4O3. The quantitative estimate of drug-likeness (QED) is 0.651. The molecule has 2 N–H and O–H groups in total. The van der Waals surface area contributed by atoms with Crippen LogP contribution in [0, 0.1) is 5.92 Å². The van der Waals surface area contributed by atoms with Crippen molar-refractivity contribution in [3.05, 3.63) is 58.6 Å². The monoisotopic (exact) mass is 456 g/mol. The van der Waals surface area contributed by atoms with Gasteiger partial charge in [0.1, 0.15) is 5.75 Å². The summed E-state index contributed by atoms with van der Waals surface area (Å²) in [7, 11) is 0. The number of amides is 1. The van der Waals surface area contributed by atoms with Gasteiger partial charge in [-0.2, -0.15) is 0 Å². The Kier molecular flexibility index (Phi) is 6.98. The van der Waals surface area contributed by atoms with Gasteiger partial charge in [-0.05, 0) is 55.8 Å². The van der Waals surface area contributed by atoms with E-state index < -0.39 is 0 Å². The van der Waals surface area contributed by atoms with Crippen molar-refractivity contribution in [3.8, 4) is 5.75 Å². The zero-order valence-electron chi connectivity index (χ0n) is 18.4. The van der Waals surface area contributed by atoms with Crippen molar-refractivity contribution in [2.45, 2.75) is 19.9 Å². The zero-order valence-corrected chi connectivity index (χ0v) is 19.2. The molecule has 2 heterocycles. The van der Waals surface area contributed by atoms with Crippen LogP contribution in [-0.2, 0) is 4.79 Å². The summed E-state index contributed by atoms with van der Waals surface area (Å²) >= 11 is 6.37. The Hall–Kier alpha value is -2.61. The summed E-state index contributed by atoms with van der Waals surface area (Å²) in [6.07, 6.45) is 0. The topological polar surface area (TPSA) is 73.9 Å². The van der Waals surface area contributed by atoms with E-state index in [2.05, 4.69) is 15.8 Å². The third kappa shape index (κ3) is 4.75. The van der Waals surface area contributed by atoms with Crippen LogP contribution in [0.15, 0.2) is 42.5 Å². The molecule has 0 radical (unpaired) electrons. The number of carbonyl (C=O) groups is 2. The number of nitrogens with one attached hydrogen (secondary N) is 2. The summed E-state index contributed by atoms with van der Waals surface area (Å²) < 4.78 is 5.52. The average molecular weight is 457 g/mol. The molecule has 1 amide bonds. The van der Waals surface area contributed by atoms with Gasteiger partial charge in [-0.3, -0.25) is 15.0 Å². The highest BCUT2D eigenvalue weighted by atomic mass is 35.5. The predicted molar refractivity (Wildman–Crippen MR) is 125 cm³/mol. The summed E-state index contributed by atoms with van der Waals surface area (Å²) in [4.78, 5) is 29.0. The van der Waals surface area contributed by atoms with Gasteiger partial charge in [0.25, 0.3) is 0 Å². The molecule has 2 aromatic rings. The van der Waals surface area contributed by atoms with Gasteiger partial charge >= 0.3 is 0 Å². The number of halogens is 1. The third-order valence-electron chi connectivity index (χ3n) is 6.14. The van der Waals surface area contributed by atoms with Gasteiger partial charge in [-0.25, -0.2) is 5.43 Å². The van der Waals surface area contributed by atoms with Crippen LogP contribution in [0.5, 0.6) is 5.75 Å². The first-order valence-electron chi connectivity index (χ1n) is 11.0. The molecule has 4 rings (SSSR count). The molecule has 2 aliphatic rings. The fraction of sp³-hybridized carbons (Fsp3) is 0.417. The molecule has 2 aromatic carbocycles. The highest BCUT2D eigenvalue weighted by molar-refractivity contribution is 6.32. The molecular weight excluding hydrogens is 428 g/mol. The van der Waals surface area contributed by atoms with Gasteiger partial charge in [0.05, 0.1) is 23.6 Å². The van der Waals surface area contributed by atoms with Gasteiger partial charge in [-0.1, -0.05) is 17.7 Å². The van der Waals surface area contributed by atoms with Crippen molar-refractivity contribution in [1.29, 1.82) is 0 Å². The van der Waals surface area contributed by atoms with Gasteiger partial charge in [0, 0.05) is 44.0 Å². The van der Waals surface area contributed by atoms with E-state index in [0.717, 1.165) is 24.3 Å². The fourth-order valence-corrected chi connectivity index (χ4v) is 4.60. The second-order valence-electron chi connectivity index (χ2n) is 8.15. The summed E-state index contributed by atoms with van der Waals surface area (Å²) in [5.74, 6) is 0.655. The summed E-state index contributed by atoms with van der Waals surface area (Å²) in [6.45, 7) is 7.47. The Bertz CT molecular complexity index is 974. The minimum absolute atomic E-state index is 0.0640. The van der Waals surface area contributed by atoms with Crippen LogP contribution in [0.1, 0.15) is 35.8 Å². The molecule has 2 aliphatic heterocycles. The van der Waals surface area contributed by atoms with Gasteiger partial charge < -0.3 is 14.5 Å². The Labute approximate surface area is 193 Å². The zero-order chi connectivity index (χ0) is 22.7. The van der Waals surface area contributed by atoms with Crippen LogP contribution >= 0.6 is 11.6 Å². The number of hydrazine groups is 1. The van der Waals surface area contributed by atoms with Gasteiger partial charge in [0.2, 0.25) is 5.91 Å². The molecule has 0 bridgehead atoms. The molecule has 7 nitrogen and oxygen atoms in total. The minimum atomic E-state index is -0.203. The van der Waals surface area contributed by atoms with Crippen LogP contribution in [0.25, 0.3) is 0 Å². The summed E-state index contributed by atoms with van der Waals surface area (Å²) in [5, 5.41) is 0.550. The van der Waals surface area contributed by atoms with E-state index in [9.17, 15) is 9.59 Å². The molecule has 2 unspecified atom stereocenters. The molecule has 0 spiro atoms. The van der Waals surface area contributed by atoms with Crippen molar-refractivity contribution in [3.63, 3.8) is 0 Å². The average Bonchev–Trinajstić information content (AvgIpc) is 3.30. The van der Waals surface area contributed by atoms with Gasteiger partial charge in [0.15, 0.2) is 5.78 Å². The Morgan fingerprint density at radius 2 is 1.81 bits per heavy atom. The Morgan fingerprint density at radius 3 is 2.44 bits per heavy atom. The van der Waals surface area contributed by atoms with E-state index in [-0.39, 0.29) is 23.7 Å². The number of piperazine rings is 1. The number of hydrogen-bond acceptors (Lipinski definition) is 6. The smallest absolute Gasteiger partial charge is 0.229 e. The lowest BCUT2D eigenvalue weighted by Crippen LogP contribution is -2.51. The second-order valence-corrected chi connectivity index (χ2v) is 8.55. The van der Waals surface area contributed by atoms with Crippen LogP contribution < -0.4 is 20.5 Å². The van der Waals surface area contributed by atoms with Crippen LogP contribution in [0.4, 0.5) is 5.69 Å². The number of hydrogen-bond donors (Lipinski definition) is 2. The van der Waals surface area contributed by atoms with Crippen molar-refractivity contribution in [2.75, 3.05) is 44.2 Å². The number of nitrogens with zero attached hydrogens (tertiary/aromatic N) is 2. The van der Waals surface area contributed by atoms with Crippen molar-refractivity contribution in [2.24, 2.45) is 5.92 Å². The molecule has 170 valence electrons. The van der Waals surface area contributed by atoms with E-state index in [1.165, 1.54) is 0 Å². The Morgan fingerprint density at radius 1 is 1.09 bits per heavy atom. The maximum Gasteiger partial charge on any atom is 0.229 e. The number of rotatable bonds is 6. The number of benzene rings is 2. The number of carbonyl (C=O) groups excluding carboxylic acids is 2. The van der Waals surface area contributed by atoms with E-state index in [0.29, 0.717) is 42.6 Å². The van der Waals surface area contributed by atoms with Crippen LogP contribution in [-0.4, -0.2) is 55.9 Å². The SMILES string of the molecule is CCOc1ccc(C2NNCC2C(=O)N2CCN(c3ccc(C(C)=O)cc3)CC2)cc1Cl. The summed E-state index contributed by atoms with van der Waals surface area (Å²) in [5.41, 5.74) is 9.13. The van der Waals surface area contributed by atoms with Crippen molar-refractivity contribution in [1.82, 2.24) is 15.8 Å². The van der Waals surface area contributed by atoms with E-state index in [1.807, 2.05) is 54.3 Å². The number of ketones is 1. The van der Waals surface area contributed by atoms with Crippen LogP contribution in [0.2, 0.25) is 5.02 Å². The Balaban J connectivity index is 1.39. The standard InChI is InChI=1S/C24H29ClN4O3/c1-3-32-22-9-6-18(14-21(22)25)23-20(15-26-27-23)24(31)29-12-10-28(11-13-29)19-7-4-17(5-8-19)16(2)30/h4-9,14,20,23,26-27H,3,10-13,15H2,1-2H3. The van der Waals surface area contributed by atoms with E-state index in [4.69, 9.17) is 16.3 Å². The van der Waals surface area contributed by atoms with Crippen molar-refractivity contribution < 1.29 is 14.3 Å².